The Morgan fingerprint density at radius 1 is 1.07 bits per heavy atom. The normalized spacial score (nSPS) is 11.1. The summed E-state index contributed by atoms with van der Waals surface area (Å²) in [6, 6.07) is 9.87. The molecule has 2 rings (SSSR count). The van der Waals surface area contributed by atoms with Crippen molar-refractivity contribution in [3.63, 3.8) is 0 Å². The van der Waals surface area contributed by atoms with Crippen LogP contribution in [0.4, 0.5) is 20.2 Å². The van der Waals surface area contributed by atoms with Crippen LogP contribution in [0.2, 0.25) is 0 Å². The second-order valence-electron chi connectivity index (χ2n) is 5.28. The first-order valence-electron chi connectivity index (χ1n) is 7.79. The van der Waals surface area contributed by atoms with Crippen molar-refractivity contribution >= 4 is 27.3 Å². The topological polar surface area (TPSA) is 93.7 Å². The highest BCUT2D eigenvalue weighted by Gasteiger charge is 2.15. The number of anilines is 2. The van der Waals surface area contributed by atoms with Crippen LogP contribution < -0.4 is 19.5 Å². The molecule has 0 aliphatic carbocycles. The molecule has 0 radical (unpaired) electrons. The number of halogens is 2. The third-order valence-corrected chi connectivity index (χ3v) is 4.74. The Morgan fingerprint density at radius 2 is 1.70 bits per heavy atom. The fourth-order valence-corrected chi connectivity index (χ4v) is 2.72. The molecule has 2 N–H and O–H groups in total. The summed E-state index contributed by atoms with van der Waals surface area (Å²) in [5, 5.41) is 2.58. The van der Waals surface area contributed by atoms with Crippen LogP contribution in [0.25, 0.3) is 0 Å². The summed E-state index contributed by atoms with van der Waals surface area (Å²) in [6.45, 7) is -1.55. The first-order valence-corrected chi connectivity index (χ1v) is 9.44. The predicted molar refractivity (Wildman–Crippen MR) is 97.1 cm³/mol. The van der Waals surface area contributed by atoms with E-state index in [1.54, 1.807) is 0 Å². The van der Waals surface area contributed by atoms with Gasteiger partial charge in [0.05, 0.1) is 12.9 Å². The van der Waals surface area contributed by atoms with Crippen molar-refractivity contribution in [3.8, 4) is 11.5 Å². The van der Waals surface area contributed by atoms with Gasteiger partial charge in [-0.2, -0.15) is 8.78 Å². The van der Waals surface area contributed by atoms with E-state index in [9.17, 15) is 22.0 Å². The van der Waals surface area contributed by atoms with Gasteiger partial charge in [-0.3, -0.25) is 9.52 Å². The number of alkyl halides is 2. The summed E-state index contributed by atoms with van der Waals surface area (Å²) in [6.07, 6.45) is 0. The van der Waals surface area contributed by atoms with E-state index >= 15 is 0 Å². The van der Waals surface area contributed by atoms with E-state index in [0.717, 1.165) is 6.07 Å². The SMILES string of the molecule is CCS(=O)(=O)Nc1ccc(NC(=O)c2ccc(OC)c(OC(F)F)c2)cc1. The maximum absolute atomic E-state index is 12.5. The third kappa shape index (κ3) is 5.81. The van der Waals surface area contributed by atoms with Gasteiger partial charge in [0.1, 0.15) is 0 Å². The zero-order valence-electron chi connectivity index (χ0n) is 14.5. The molecular weight excluding hydrogens is 382 g/mol. The largest absolute Gasteiger partial charge is 0.493 e. The summed E-state index contributed by atoms with van der Waals surface area (Å²) >= 11 is 0. The van der Waals surface area contributed by atoms with Crippen LogP contribution in [0.3, 0.4) is 0 Å². The van der Waals surface area contributed by atoms with Gasteiger partial charge in [-0.15, -0.1) is 0 Å². The van der Waals surface area contributed by atoms with E-state index in [2.05, 4.69) is 14.8 Å². The number of amides is 1. The van der Waals surface area contributed by atoms with E-state index < -0.39 is 22.5 Å². The number of carbonyl (C=O) groups excluding carboxylic acids is 1. The standard InChI is InChI=1S/C17H18F2N2O5S/c1-3-27(23,24)21-13-7-5-12(6-8-13)20-16(22)11-4-9-14(25-2)15(10-11)26-17(18)19/h4-10,17,21H,3H2,1-2H3,(H,20,22). The fourth-order valence-electron chi connectivity index (χ4n) is 2.08. The summed E-state index contributed by atoms with van der Waals surface area (Å²) in [7, 11) is -2.10. The van der Waals surface area contributed by atoms with Crippen LogP contribution in [0.15, 0.2) is 42.5 Å². The van der Waals surface area contributed by atoms with E-state index in [1.807, 2.05) is 0 Å². The van der Waals surface area contributed by atoms with Crippen LogP contribution in [0.1, 0.15) is 17.3 Å². The number of benzene rings is 2. The minimum absolute atomic E-state index is 0.0635. The van der Waals surface area contributed by atoms with Gasteiger partial charge < -0.3 is 14.8 Å². The zero-order valence-corrected chi connectivity index (χ0v) is 15.3. The number of carbonyl (C=O) groups is 1. The van der Waals surface area contributed by atoms with Crippen LogP contribution in [0.5, 0.6) is 11.5 Å². The van der Waals surface area contributed by atoms with E-state index in [1.165, 1.54) is 50.4 Å². The van der Waals surface area contributed by atoms with E-state index in [4.69, 9.17) is 4.74 Å². The van der Waals surface area contributed by atoms with Crippen LogP contribution >= 0.6 is 0 Å². The molecule has 0 saturated carbocycles. The molecular formula is C17H18F2N2O5S. The lowest BCUT2D eigenvalue weighted by Crippen LogP contribution is -2.15. The molecule has 0 fully saturated rings. The van der Waals surface area contributed by atoms with Gasteiger partial charge in [0.25, 0.3) is 5.91 Å². The number of hydrogen-bond acceptors (Lipinski definition) is 5. The molecule has 0 unspecified atom stereocenters. The van der Waals surface area contributed by atoms with Crippen molar-refractivity contribution in [3.05, 3.63) is 48.0 Å². The van der Waals surface area contributed by atoms with Crippen molar-refractivity contribution in [1.82, 2.24) is 0 Å². The lowest BCUT2D eigenvalue weighted by atomic mass is 10.2. The highest BCUT2D eigenvalue weighted by molar-refractivity contribution is 7.92. The van der Waals surface area contributed by atoms with Crippen molar-refractivity contribution in [1.29, 1.82) is 0 Å². The molecule has 0 heterocycles. The van der Waals surface area contributed by atoms with Crippen LogP contribution in [0, 0.1) is 0 Å². The van der Waals surface area contributed by atoms with Crippen molar-refractivity contribution < 1.29 is 31.5 Å². The molecule has 0 spiro atoms. The molecule has 0 atom stereocenters. The summed E-state index contributed by atoms with van der Waals surface area (Å²) in [5.74, 6) is -0.811. The zero-order chi connectivity index (χ0) is 20.0. The average Bonchev–Trinajstić information content (AvgIpc) is 2.62. The van der Waals surface area contributed by atoms with Crippen LogP contribution in [-0.4, -0.2) is 33.8 Å². The molecule has 0 aromatic heterocycles. The second kappa shape index (κ2) is 8.67. The molecule has 2 aromatic carbocycles. The minimum atomic E-state index is -3.40. The van der Waals surface area contributed by atoms with E-state index in [-0.39, 0.29) is 22.8 Å². The predicted octanol–water partition coefficient (Wildman–Crippen LogP) is 3.31. The monoisotopic (exact) mass is 400 g/mol. The Labute approximate surface area is 155 Å². The smallest absolute Gasteiger partial charge is 0.387 e. The van der Waals surface area contributed by atoms with E-state index in [0.29, 0.717) is 11.4 Å². The molecule has 10 heteroatoms. The van der Waals surface area contributed by atoms with Crippen LogP contribution in [-0.2, 0) is 10.0 Å². The summed E-state index contributed by atoms with van der Waals surface area (Å²) in [5.41, 5.74) is 0.834. The third-order valence-electron chi connectivity index (χ3n) is 3.44. The molecule has 1 amide bonds. The first kappa shape index (κ1) is 20.4. The quantitative estimate of drug-likeness (QED) is 0.709. The second-order valence-corrected chi connectivity index (χ2v) is 7.29. The molecule has 0 aliphatic rings. The van der Waals surface area contributed by atoms with Gasteiger partial charge in [0.2, 0.25) is 10.0 Å². The Balaban J connectivity index is 2.13. The Bertz CT molecular complexity index is 902. The molecule has 7 nitrogen and oxygen atoms in total. The van der Waals surface area contributed by atoms with Gasteiger partial charge in [0, 0.05) is 16.9 Å². The lowest BCUT2D eigenvalue weighted by Gasteiger charge is -2.12. The van der Waals surface area contributed by atoms with Gasteiger partial charge >= 0.3 is 6.61 Å². The fraction of sp³-hybridized carbons (Fsp3) is 0.235. The molecule has 0 bridgehead atoms. The lowest BCUT2D eigenvalue weighted by molar-refractivity contribution is -0.0512. The summed E-state index contributed by atoms with van der Waals surface area (Å²) < 4.78 is 59.6. The number of rotatable bonds is 8. The summed E-state index contributed by atoms with van der Waals surface area (Å²) in [4.78, 5) is 12.3. The Hall–Kier alpha value is -2.88. The van der Waals surface area contributed by atoms with Gasteiger partial charge in [-0.05, 0) is 49.4 Å². The number of nitrogens with one attached hydrogen (secondary N) is 2. The number of sulfonamides is 1. The molecule has 146 valence electrons. The number of hydrogen-bond donors (Lipinski definition) is 2. The number of methoxy groups -OCH3 is 1. The maximum atomic E-state index is 12.5. The molecule has 0 saturated heterocycles. The van der Waals surface area contributed by atoms with Crippen molar-refractivity contribution in [2.75, 3.05) is 22.9 Å². The van der Waals surface area contributed by atoms with Gasteiger partial charge in [-0.1, -0.05) is 0 Å². The van der Waals surface area contributed by atoms with Gasteiger partial charge in [-0.25, -0.2) is 8.42 Å². The molecule has 2 aromatic rings. The van der Waals surface area contributed by atoms with Gasteiger partial charge in [0.15, 0.2) is 11.5 Å². The highest BCUT2D eigenvalue weighted by Crippen LogP contribution is 2.29. The Kier molecular flexibility index (Phi) is 6.56. The maximum Gasteiger partial charge on any atom is 0.387 e. The van der Waals surface area contributed by atoms with Crippen molar-refractivity contribution in [2.24, 2.45) is 0 Å². The van der Waals surface area contributed by atoms with Crippen molar-refractivity contribution in [2.45, 2.75) is 13.5 Å². The minimum Gasteiger partial charge on any atom is -0.493 e. The average molecular weight is 400 g/mol. The molecule has 27 heavy (non-hydrogen) atoms. The number of ether oxygens (including phenoxy) is 2. The highest BCUT2D eigenvalue weighted by atomic mass is 32.2. The first-order chi connectivity index (χ1) is 12.7. The Morgan fingerprint density at radius 3 is 2.26 bits per heavy atom. The molecule has 0 aliphatic heterocycles.